The zero-order valence-electron chi connectivity index (χ0n) is 3.91. The molecule has 2 heteroatoms. The first kappa shape index (κ1) is 5.28. The van der Waals surface area contributed by atoms with E-state index in [-0.39, 0.29) is 8.27 Å². The van der Waals surface area contributed by atoms with Crippen LogP contribution in [0.4, 0.5) is 0 Å². The fourth-order valence-electron chi connectivity index (χ4n) is 0. The molecule has 0 saturated carbocycles. The molecule has 0 aromatic carbocycles. The Balaban J connectivity index is 2.85. The van der Waals surface area contributed by atoms with Crippen LogP contribution in [0.5, 0.6) is 0 Å². The first-order chi connectivity index (χ1) is 2.27. The Morgan fingerprint density at radius 3 is 2.00 bits per heavy atom. The van der Waals surface area contributed by atoms with Crippen molar-refractivity contribution in [1.82, 2.24) is 0 Å². The van der Waals surface area contributed by atoms with Crippen LogP contribution in [0.1, 0.15) is 6.92 Å². The van der Waals surface area contributed by atoms with E-state index in [1.165, 1.54) is 6.04 Å². The monoisotopic (exact) mass is 84.1 g/mol. The second-order valence-electron chi connectivity index (χ2n) is 1.31. The van der Waals surface area contributed by atoms with Crippen molar-refractivity contribution in [3.05, 3.63) is 0 Å². The molecule has 0 aromatic heterocycles. The van der Waals surface area contributed by atoms with Crippen LogP contribution < -0.4 is 0 Å². The summed E-state index contributed by atoms with van der Waals surface area (Å²) in [4.78, 5) is 0. The van der Waals surface area contributed by atoms with Gasteiger partial charge in [0.2, 0.25) is 0 Å². The van der Waals surface area contributed by atoms with Gasteiger partial charge in [0.1, 0.15) is 0 Å². The molecule has 0 atom stereocenters. The summed E-state index contributed by atoms with van der Waals surface area (Å²) in [7, 11) is 3.73. The normalized spacial score (nSPS) is 7.40. The van der Waals surface area contributed by atoms with Gasteiger partial charge in [0.15, 0.2) is 0 Å². The van der Waals surface area contributed by atoms with Gasteiger partial charge in [0.05, 0.1) is 0 Å². The van der Waals surface area contributed by atoms with Crippen molar-refractivity contribution >= 4 is 15.3 Å². The van der Waals surface area contributed by atoms with Crippen molar-refractivity contribution in [2.24, 2.45) is 0 Å². The van der Waals surface area contributed by atoms with Crippen LogP contribution in [0.15, 0.2) is 0 Å². The molecular formula is C3H9BSi. The zero-order valence-corrected chi connectivity index (χ0v) is 4.91. The Hall–Kier alpha value is 0.282. The maximum absolute atomic E-state index is 3.86. The van der Waals surface area contributed by atoms with Crippen LogP contribution in [0.2, 0.25) is 12.6 Å². The van der Waals surface area contributed by atoms with Gasteiger partial charge in [-0.2, -0.15) is 0 Å². The van der Waals surface area contributed by atoms with E-state index >= 15 is 0 Å². The number of hydrogen-bond acceptors (Lipinski definition) is 0. The maximum atomic E-state index is 3.86. The third-order valence-corrected chi connectivity index (χ3v) is 1.81. The minimum absolute atomic E-state index is 0.124. The number of rotatable bonds is 1. The van der Waals surface area contributed by atoms with Crippen molar-refractivity contribution in [3.63, 3.8) is 0 Å². The second kappa shape index (κ2) is 2.52. The van der Waals surface area contributed by atoms with Crippen molar-refractivity contribution in [3.8, 4) is 0 Å². The molecule has 28 valence electrons. The fourth-order valence-corrected chi connectivity index (χ4v) is 0. The molecule has 0 rings (SSSR count). The summed E-state index contributed by atoms with van der Waals surface area (Å²) in [6.07, 6.45) is 0. The summed E-state index contributed by atoms with van der Waals surface area (Å²) >= 11 is 0. The molecule has 0 saturated heterocycles. The summed E-state index contributed by atoms with van der Waals surface area (Å²) in [5, 5.41) is 0. The van der Waals surface area contributed by atoms with E-state index in [0.717, 1.165) is 0 Å². The Morgan fingerprint density at radius 1 is 1.80 bits per heavy atom. The van der Waals surface area contributed by atoms with Gasteiger partial charge in [0, 0.05) is 0 Å². The molecule has 0 N–H and O–H groups in total. The first-order valence-corrected chi connectivity index (χ1v) is 4.33. The van der Waals surface area contributed by atoms with Crippen molar-refractivity contribution in [1.29, 1.82) is 0 Å². The molecule has 0 spiro atoms. The standard InChI is InChI=1S/C3H9BSi/c1-3-5(2)4/h4H,3H2,1-2H3. The molecule has 0 amide bonds. The SMILES string of the molecule is B=[Si](C)CC. The van der Waals surface area contributed by atoms with E-state index < -0.39 is 0 Å². The van der Waals surface area contributed by atoms with E-state index in [2.05, 4.69) is 20.5 Å². The molecule has 0 nitrogen and oxygen atoms in total. The topological polar surface area (TPSA) is 0 Å². The third-order valence-electron chi connectivity index (χ3n) is 0.604. The number of hydrogen-bond donors (Lipinski definition) is 0. The van der Waals surface area contributed by atoms with Crippen molar-refractivity contribution < 1.29 is 0 Å². The van der Waals surface area contributed by atoms with Gasteiger partial charge in [-0.3, -0.25) is 0 Å². The molecule has 0 bridgehead atoms. The Labute approximate surface area is 35.7 Å². The fraction of sp³-hybridized carbons (Fsp3) is 1.00. The molecule has 0 heterocycles. The summed E-state index contributed by atoms with van der Waals surface area (Å²) in [5.41, 5.74) is 0. The molecule has 0 aliphatic heterocycles. The molecule has 0 aliphatic rings. The zero-order chi connectivity index (χ0) is 4.28. The molecule has 0 unspecified atom stereocenters. The summed E-state index contributed by atoms with van der Waals surface area (Å²) < 4.78 is 0. The summed E-state index contributed by atoms with van der Waals surface area (Å²) in [5.74, 6) is 0. The molecule has 0 fully saturated rings. The van der Waals surface area contributed by atoms with Gasteiger partial charge in [-0.05, 0) is 0 Å². The molecule has 0 aromatic rings. The van der Waals surface area contributed by atoms with E-state index in [9.17, 15) is 0 Å². The van der Waals surface area contributed by atoms with Crippen molar-refractivity contribution in [2.75, 3.05) is 0 Å². The van der Waals surface area contributed by atoms with Crippen LogP contribution in [0, 0.1) is 0 Å². The summed E-state index contributed by atoms with van der Waals surface area (Å²) in [6.45, 7) is 4.39. The summed E-state index contributed by atoms with van der Waals surface area (Å²) in [6, 6.07) is 1.30. The Kier molecular flexibility index (Phi) is 2.66. The minimum atomic E-state index is -0.124. The predicted molar refractivity (Wildman–Crippen MR) is 29.2 cm³/mol. The van der Waals surface area contributed by atoms with E-state index in [4.69, 9.17) is 0 Å². The van der Waals surface area contributed by atoms with Crippen LogP contribution >= 0.6 is 0 Å². The van der Waals surface area contributed by atoms with Crippen LogP contribution in [0.3, 0.4) is 0 Å². The van der Waals surface area contributed by atoms with Crippen molar-refractivity contribution in [2.45, 2.75) is 19.5 Å². The van der Waals surface area contributed by atoms with Crippen LogP contribution in [0.25, 0.3) is 0 Å². The average molecular weight is 84.0 g/mol. The van der Waals surface area contributed by atoms with E-state index in [1.807, 2.05) is 0 Å². The predicted octanol–water partition coefficient (Wildman–Crippen LogP) is 0.528. The second-order valence-corrected chi connectivity index (χ2v) is 3.93. The quantitative estimate of drug-likeness (QED) is 0.406. The van der Waals surface area contributed by atoms with Crippen LogP contribution in [-0.2, 0) is 0 Å². The van der Waals surface area contributed by atoms with Gasteiger partial charge in [-0.15, -0.1) is 0 Å². The van der Waals surface area contributed by atoms with Gasteiger partial charge in [-0.25, -0.2) is 0 Å². The Bertz CT molecular complexity index is 42.2. The molecule has 0 radical (unpaired) electrons. The van der Waals surface area contributed by atoms with Gasteiger partial charge < -0.3 is 0 Å². The van der Waals surface area contributed by atoms with E-state index in [0.29, 0.717) is 0 Å². The van der Waals surface area contributed by atoms with Crippen LogP contribution in [-0.4, -0.2) is 15.3 Å². The van der Waals surface area contributed by atoms with Gasteiger partial charge >= 0.3 is 34.8 Å². The molecule has 5 heavy (non-hydrogen) atoms. The van der Waals surface area contributed by atoms with Gasteiger partial charge in [-0.1, -0.05) is 0 Å². The van der Waals surface area contributed by atoms with E-state index in [1.54, 1.807) is 0 Å². The van der Waals surface area contributed by atoms with Gasteiger partial charge in [0.25, 0.3) is 0 Å². The first-order valence-electron chi connectivity index (χ1n) is 1.91. The average Bonchev–Trinajstić information content (AvgIpc) is 1.38. The molecule has 0 aliphatic carbocycles. The Morgan fingerprint density at radius 2 is 2.00 bits per heavy atom. The third kappa shape index (κ3) is 4.28. The molecular weight excluding hydrogens is 74.9 g/mol.